The first-order valence-electron chi connectivity index (χ1n) is 10.5. The minimum absolute atomic E-state index is 0. The van der Waals surface area contributed by atoms with Crippen molar-refractivity contribution in [3.63, 3.8) is 0 Å². The van der Waals surface area contributed by atoms with Gasteiger partial charge in [-0.15, -0.1) is 24.0 Å². The van der Waals surface area contributed by atoms with Gasteiger partial charge in [0, 0.05) is 39.1 Å². The van der Waals surface area contributed by atoms with Crippen LogP contribution < -0.4 is 10.6 Å². The van der Waals surface area contributed by atoms with Gasteiger partial charge in [0.1, 0.15) is 0 Å². The van der Waals surface area contributed by atoms with E-state index in [0.717, 1.165) is 31.8 Å². The summed E-state index contributed by atoms with van der Waals surface area (Å²) in [5.74, 6) is 1.09. The molecule has 1 atom stereocenters. The summed E-state index contributed by atoms with van der Waals surface area (Å²) in [7, 11) is 1.80. The highest BCUT2D eigenvalue weighted by molar-refractivity contribution is 14.0. The van der Waals surface area contributed by atoms with Gasteiger partial charge in [0.15, 0.2) is 5.96 Å². The van der Waals surface area contributed by atoms with E-state index in [4.69, 9.17) is 0 Å². The summed E-state index contributed by atoms with van der Waals surface area (Å²) in [4.78, 5) is 18.1. The highest BCUT2D eigenvalue weighted by Crippen LogP contribution is 2.14. The van der Waals surface area contributed by atoms with Crippen LogP contribution in [0.15, 0.2) is 59.6 Å². The van der Waals surface area contributed by atoms with Gasteiger partial charge in [0.25, 0.3) is 0 Å². The number of carbonyl (C=O) groups is 1. The van der Waals surface area contributed by atoms with Crippen molar-refractivity contribution < 1.29 is 4.79 Å². The Bertz CT molecular complexity index is 808. The lowest BCUT2D eigenvalue weighted by atomic mass is 10.1. The molecule has 30 heavy (non-hydrogen) atoms. The number of rotatable bonds is 8. The molecule has 5 nitrogen and oxygen atoms in total. The van der Waals surface area contributed by atoms with Gasteiger partial charge in [-0.25, -0.2) is 0 Å². The number of carbonyl (C=O) groups excluding carboxylic acids is 1. The van der Waals surface area contributed by atoms with E-state index >= 15 is 0 Å². The lowest BCUT2D eigenvalue weighted by Gasteiger charge is -2.18. The molecule has 2 aromatic carbocycles. The average Bonchev–Trinajstić information content (AvgIpc) is 3.15. The van der Waals surface area contributed by atoms with Crippen LogP contribution in [0.4, 0.5) is 0 Å². The number of benzene rings is 2. The summed E-state index contributed by atoms with van der Waals surface area (Å²) in [6.07, 6.45) is 3.77. The Morgan fingerprint density at radius 2 is 1.77 bits per heavy atom. The maximum atomic E-state index is 11.8. The van der Waals surface area contributed by atoms with E-state index in [1.54, 1.807) is 7.05 Å². The molecular formula is C24H33IN4O. The van der Waals surface area contributed by atoms with Gasteiger partial charge < -0.3 is 15.5 Å². The van der Waals surface area contributed by atoms with Gasteiger partial charge in [-0.3, -0.25) is 9.79 Å². The lowest BCUT2D eigenvalue weighted by molar-refractivity contribution is -0.128. The predicted octanol–water partition coefficient (Wildman–Crippen LogP) is 4.11. The molecule has 1 fully saturated rings. The van der Waals surface area contributed by atoms with E-state index < -0.39 is 0 Å². The fourth-order valence-corrected chi connectivity index (χ4v) is 3.57. The van der Waals surface area contributed by atoms with Crippen LogP contribution in [0.1, 0.15) is 42.9 Å². The van der Waals surface area contributed by atoms with E-state index in [1.807, 2.05) is 4.90 Å². The zero-order chi connectivity index (χ0) is 20.5. The summed E-state index contributed by atoms with van der Waals surface area (Å²) in [5.41, 5.74) is 3.74. The van der Waals surface area contributed by atoms with Crippen molar-refractivity contribution in [2.45, 2.75) is 51.7 Å². The molecule has 1 aliphatic rings. The third kappa shape index (κ3) is 7.63. The number of nitrogens with one attached hydrogen (secondary N) is 2. The van der Waals surface area contributed by atoms with E-state index in [-0.39, 0.29) is 29.9 Å². The van der Waals surface area contributed by atoms with Crippen LogP contribution in [0.25, 0.3) is 0 Å². The second-order valence-electron chi connectivity index (χ2n) is 7.73. The topological polar surface area (TPSA) is 56.7 Å². The van der Waals surface area contributed by atoms with Crippen molar-refractivity contribution in [2.75, 3.05) is 13.6 Å². The molecule has 2 aromatic rings. The molecule has 1 heterocycles. The molecular weight excluding hydrogens is 487 g/mol. The van der Waals surface area contributed by atoms with Crippen molar-refractivity contribution in [1.29, 1.82) is 0 Å². The second-order valence-corrected chi connectivity index (χ2v) is 7.73. The third-order valence-electron chi connectivity index (χ3n) is 5.34. The van der Waals surface area contributed by atoms with Gasteiger partial charge in [-0.2, -0.15) is 0 Å². The molecule has 3 rings (SSSR count). The summed E-state index contributed by atoms with van der Waals surface area (Å²) < 4.78 is 0. The molecule has 6 heteroatoms. The fraction of sp³-hybridized carbons (Fsp3) is 0.417. The Morgan fingerprint density at radius 3 is 2.40 bits per heavy atom. The van der Waals surface area contributed by atoms with Crippen molar-refractivity contribution in [3.05, 3.63) is 71.3 Å². The highest BCUT2D eigenvalue weighted by atomic mass is 127. The van der Waals surface area contributed by atoms with Gasteiger partial charge >= 0.3 is 0 Å². The zero-order valence-corrected chi connectivity index (χ0v) is 20.3. The van der Waals surface area contributed by atoms with Crippen molar-refractivity contribution >= 4 is 35.8 Å². The van der Waals surface area contributed by atoms with Gasteiger partial charge in [-0.1, -0.05) is 54.6 Å². The Morgan fingerprint density at radius 1 is 1.07 bits per heavy atom. The summed E-state index contributed by atoms with van der Waals surface area (Å²) in [6, 6.07) is 19.4. The second kappa shape index (κ2) is 12.6. The maximum Gasteiger partial charge on any atom is 0.222 e. The third-order valence-corrected chi connectivity index (χ3v) is 5.34. The summed E-state index contributed by atoms with van der Waals surface area (Å²) in [6.45, 7) is 4.50. The number of likely N-dealkylation sites (tertiary alicyclic amines) is 1. The molecule has 0 spiro atoms. The first-order valence-corrected chi connectivity index (χ1v) is 10.5. The SMILES string of the molecule is CN=C(NCc1ccc(CN2CCCC2=O)cc1)NC(C)CCc1ccccc1.I. The average molecular weight is 520 g/mol. The molecule has 1 saturated heterocycles. The molecule has 0 aromatic heterocycles. The number of nitrogens with zero attached hydrogens (tertiary/aromatic N) is 2. The van der Waals surface area contributed by atoms with E-state index in [1.165, 1.54) is 16.7 Å². The van der Waals surface area contributed by atoms with Crippen molar-refractivity contribution in [1.82, 2.24) is 15.5 Å². The number of hydrogen-bond donors (Lipinski definition) is 2. The fourth-order valence-electron chi connectivity index (χ4n) is 3.57. The Balaban J connectivity index is 0.00000320. The van der Waals surface area contributed by atoms with E-state index in [9.17, 15) is 4.79 Å². The molecule has 0 bridgehead atoms. The van der Waals surface area contributed by atoms with Crippen LogP contribution in [0.2, 0.25) is 0 Å². The van der Waals surface area contributed by atoms with Gasteiger partial charge in [0.05, 0.1) is 0 Å². The quantitative estimate of drug-likeness (QED) is 0.313. The smallest absolute Gasteiger partial charge is 0.222 e. The minimum Gasteiger partial charge on any atom is -0.354 e. The van der Waals surface area contributed by atoms with Crippen molar-refractivity contribution in [3.8, 4) is 0 Å². The predicted molar refractivity (Wildman–Crippen MR) is 134 cm³/mol. The summed E-state index contributed by atoms with van der Waals surface area (Å²) >= 11 is 0. The van der Waals surface area contributed by atoms with Crippen LogP contribution in [0.3, 0.4) is 0 Å². The molecule has 1 amide bonds. The van der Waals surface area contributed by atoms with Gasteiger partial charge in [-0.05, 0) is 42.9 Å². The Labute approximate surface area is 197 Å². The number of aryl methyl sites for hydroxylation is 1. The van der Waals surface area contributed by atoms with Gasteiger partial charge in [0.2, 0.25) is 5.91 Å². The number of amides is 1. The molecule has 1 aliphatic heterocycles. The zero-order valence-electron chi connectivity index (χ0n) is 17.9. The van der Waals surface area contributed by atoms with Crippen molar-refractivity contribution in [2.24, 2.45) is 4.99 Å². The number of aliphatic imine (C=N–C) groups is 1. The minimum atomic E-state index is 0. The monoisotopic (exact) mass is 520 g/mol. The molecule has 0 radical (unpaired) electrons. The standard InChI is InChI=1S/C24H32N4O.HI/c1-19(10-11-20-7-4-3-5-8-20)27-24(25-2)26-17-21-12-14-22(15-13-21)18-28-16-6-9-23(28)29;/h3-5,7-8,12-15,19H,6,9-11,16-18H2,1-2H3,(H2,25,26,27);1H. The largest absolute Gasteiger partial charge is 0.354 e. The first kappa shape index (κ1) is 24.2. The van der Waals surface area contributed by atoms with Crippen LogP contribution in [-0.4, -0.2) is 36.4 Å². The highest BCUT2D eigenvalue weighted by Gasteiger charge is 2.19. The normalized spacial score (nSPS) is 14.9. The lowest BCUT2D eigenvalue weighted by Crippen LogP contribution is -2.42. The molecule has 1 unspecified atom stereocenters. The summed E-state index contributed by atoms with van der Waals surface area (Å²) in [5, 5.41) is 6.86. The maximum absolute atomic E-state index is 11.8. The van der Waals surface area contributed by atoms with Crippen LogP contribution in [-0.2, 0) is 24.3 Å². The number of hydrogen-bond acceptors (Lipinski definition) is 2. The first-order chi connectivity index (χ1) is 14.1. The van der Waals surface area contributed by atoms with Crippen LogP contribution in [0, 0.1) is 0 Å². The molecule has 2 N–H and O–H groups in total. The van der Waals surface area contributed by atoms with E-state index in [2.05, 4.69) is 77.1 Å². The van der Waals surface area contributed by atoms with Crippen LogP contribution in [0.5, 0.6) is 0 Å². The molecule has 0 saturated carbocycles. The van der Waals surface area contributed by atoms with E-state index in [0.29, 0.717) is 25.6 Å². The molecule has 0 aliphatic carbocycles. The Hall–Kier alpha value is -2.09. The Kier molecular flexibility index (Phi) is 10.1. The number of guanidine groups is 1. The van der Waals surface area contributed by atoms with Crippen LogP contribution >= 0.6 is 24.0 Å². The number of halogens is 1. The molecule has 162 valence electrons.